The molecule has 25 heavy (non-hydrogen) atoms. The van der Waals surface area contributed by atoms with Crippen molar-refractivity contribution in [3.8, 4) is 17.0 Å². The van der Waals surface area contributed by atoms with E-state index >= 15 is 0 Å². The first-order valence-corrected chi connectivity index (χ1v) is 8.44. The molecule has 0 fully saturated rings. The van der Waals surface area contributed by atoms with Gasteiger partial charge >= 0.3 is 0 Å². The summed E-state index contributed by atoms with van der Waals surface area (Å²) in [6.07, 6.45) is 9.79. The molecule has 0 aliphatic carbocycles. The summed E-state index contributed by atoms with van der Waals surface area (Å²) < 4.78 is 19.6. The number of hydrogen-bond donors (Lipinski definition) is 1. The van der Waals surface area contributed by atoms with Gasteiger partial charge in [-0.2, -0.15) is 0 Å². The number of aliphatic hydroxyl groups excluding tert-OH is 1. The second-order valence-electron chi connectivity index (χ2n) is 5.90. The molecular weight excluding hydrogens is 317 g/mol. The first kappa shape index (κ1) is 18.9. The second kappa shape index (κ2) is 9.74. The van der Waals surface area contributed by atoms with Gasteiger partial charge in [-0.3, -0.25) is 4.98 Å². The molecule has 1 atom stereocenters. The van der Waals surface area contributed by atoms with E-state index in [1.165, 1.54) is 6.07 Å². The van der Waals surface area contributed by atoms with Crippen LogP contribution in [0.2, 0.25) is 0 Å². The quantitative estimate of drug-likeness (QED) is 0.514. The van der Waals surface area contributed by atoms with Crippen LogP contribution in [0.25, 0.3) is 17.3 Å². The number of ether oxygens (including phenoxy) is 1. The number of aromatic nitrogens is 1. The van der Waals surface area contributed by atoms with E-state index in [-0.39, 0.29) is 11.9 Å². The summed E-state index contributed by atoms with van der Waals surface area (Å²) in [4.78, 5) is 4.34. The fraction of sp³-hybridized carbons (Fsp3) is 0.286. The van der Waals surface area contributed by atoms with Crippen molar-refractivity contribution in [1.82, 2.24) is 4.98 Å². The third-order valence-corrected chi connectivity index (χ3v) is 3.67. The van der Waals surface area contributed by atoms with Gasteiger partial charge in [-0.1, -0.05) is 30.9 Å². The summed E-state index contributed by atoms with van der Waals surface area (Å²) in [6, 6.07) is 8.46. The highest BCUT2D eigenvalue weighted by molar-refractivity contribution is 5.62. The van der Waals surface area contributed by atoms with Crippen LogP contribution in [0.3, 0.4) is 0 Å². The van der Waals surface area contributed by atoms with Crippen molar-refractivity contribution in [2.45, 2.75) is 32.3 Å². The Bertz CT molecular complexity index is 708. The monoisotopic (exact) mass is 341 g/mol. The highest BCUT2D eigenvalue weighted by Crippen LogP contribution is 2.25. The predicted molar refractivity (Wildman–Crippen MR) is 99.9 cm³/mol. The number of rotatable bonds is 9. The Kier molecular flexibility index (Phi) is 7.36. The number of aliphatic hydroxyl groups is 1. The van der Waals surface area contributed by atoms with Crippen molar-refractivity contribution >= 4 is 6.08 Å². The molecule has 1 aromatic heterocycles. The van der Waals surface area contributed by atoms with Gasteiger partial charge in [-0.05, 0) is 49.9 Å². The highest BCUT2D eigenvalue weighted by atomic mass is 19.1. The fourth-order valence-electron chi connectivity index (χ4n) is 2.36. The molecule has 4 heteroatoms. The van der Waals surface area contributed by atoms with Crippen LogP contribution < -0.4 is 4.74 Å². The first-order valence-electron chi connectivity index (χ1n) is 8.44. The van der Waals surface area contributed by atoms with Crippen molar-refractivity contribution in [3.05, 3.63) is 66.6 Å². The molecule has 0 spiro atoms. The molecule has 0 amide bonds. The van der Waals surface area contributed by atoms with E-state index < -0.39 is 0 Å². The van der Waals surface area contributed by atoms with Crippen molar-refractivity contribution in [2.24, 2.45) is 0 Å². The topological polar surface area (TPSA) is 42.4 Å². The van der Waals surface area contributed by atoms with Crippen molar-refractivity contribution in [1.29, 1.82) is 0 Å². The molecule has 3 nitrogen and oxygen atoms in total. The van der Waals surface area contributed by atoms with E-state index in [2.05, 4.69) is 17.6 Å². The summed E-state index contributed by atoms with van der Waals surface area (Å²) in [7, 11) is 0. The van der Waals surface area contributed by atoms with E-state index in [0.29, 0.717) is 23.6 Å². The maximum absolute atomic E-state index is 14.2. The number of benzene rings is 1. The number of allylic oxidation sites excluding steroid dienone is 1. The molecule has 2 rings (SSSR count). The summed E-state index contributed by atoms with van der Waals surface area (Å²) in [5.41, 5.74) is 1.99. The zero-order chi connectivity index (χ0) is 18.1. The molecule has 132 valence electrons. The van der Waals surface area contributed by atoms with Crippen molar-refractivity contribution in [2.75, 3.05) is 6.61 Å². The molecule has 0 radical (unpaired) electrons. The average Bonchev–Trinajstić information content (AvgIpc) is 2.60. The molecular formula is C21H24FNO2. The normalized spacial score (nSPS) is 12.3. The molecule has 0 aliphatic rings. The van der Waals surface area contributed by atoms with Crippen molar-refractivity contribution < 1.29 is 14.2 Å². The third-order valence-electron chi connectivity index (χ3n) is 3.67. The van der Waals surface area contributed by atoms with Crippen LogP contribution in [0, 0.1) is 5.82 Å². The molecule has 1 unspecified atom stereocenters. The van der Waals surface area contributed by atoms with Crippen LogP contribution in [0.4, 0.5) is 4.39 Å². The largest absolute Gasteiger partial charge is 0.489 e. The Balaban J connectivity index is 1.99. The van der Waals surface area contributed by atoms with E-state index in [1.807, 2.05) is 12.1 Å². The lowest BCUT2D eigenvalue weighted by Gasteiger charge is -2.07. The Hall–Kier alpha value is -2.46. The van der Waals surface area contributed by atoms with Crippen LogP contribution in [0.15, 0.2) is 55.3 Å². The number of nitrogens with zero attached hydrogens (tertiary/aromatic N) is 1. The minimum absolute atomic E-state index is 0.252. The number of pyridine rings is 1. The Labute approximate surface area is 148 Å². The zero-order valence-corrected chi connectivity index (χ0v) is 14.5. The molecule has 1 aromatic carbocycles. The van der Waals surface area contributed by atoms with Crippen LogP contribution in [0.1, 0.15) is 31.7 Å². The first-order chi connectivity index (χ1) is 12.1. The summed E-state index contributed by atoms with van der Waals surface area (Å²) in [5, 5.41) is 9.21. The molecule has 0 saturated heterocycles. The predicted octanol–water partition coefficient (Wildman–Crippen LogP) is 5.02. The zero-order valence-electron chi connectivity index (χ0n) is 14.5. The lowest BCUT2D eigenvalue weighted by Crippen LogP contribution is -1.97. The maximum Gasteiger partial charge on any atom is 0.136 e. The summed E-state index contributed by atoms with van der Waals surface area (Å²) >= 11 is 0. The number of unbranched alkanes of at least 4 members (excludes halogenated alkanes) is 1. The fourth-order valence-corrected chi connectivity index (χ4v) is 2.36. The van der Waals surface area contributed by atoms with E-state index in [4.69, 9.17) is 4.74 Å². The Morgan fingerprint density at radius 1 is 1.32 bits per heavy atom. The van der Waals surface area contributed by atoms with E-state index in [9.17, 15) is 9.50 Å². The third kappa shape index (κ3) is 6.16. The number of hydrogen-bond acceptors (Lipinski definition) is 3. The van der Waals surface area contributed by atoms with Gasteiger partial charge in [0.05, 0.1) is 11.8 Å². The minimum Gasteiger partial charge on any atom is -0.489 e. The van der Waals surface area contributed by atoms with Gasteiger partial charge < -0.3 is 9.84 Å². The SMILES string of the molecule is C=CCOc1ccc(-c2ccc(/C=C/CCCC(C)O)cn2)c(F)c1. The van der Waals surface area contributed by atoms with Gasteiger partial charge in [-0.15, -0.1) is 0 Å². The average molecular weight is 341 g/mol. The molecule has 1 heterocycles. The van der Waals surface area contributed by atoms with Gasteiger partial charge in [0.15, 0.2) is 0 Å². The molecule has 2 aromatic rings. The summed E-state index contributed by atoms with van der Waals surface area (Å²) in [6.45, 7) is 5.70. The molecule has 0 saturated carbocycles. The Morgan fingerprint density at radius 2 is 2.16 bits per heavy atom. The van der Waals surface area contributed by atoms with Gasteiger partial charge in [0.25, 0.3) is 0 Å². The lowest BCUT2D eigenvalue weighted by molar-refractivity contribution is 0.182. The lowest BCUT2D eigenvalue weighted by atomic mass is 10.1. The number of halogens is 1. The highest BCUT2D eigenvalue weighted by Gasteiger charge is 2.08. The van der Waals surface area contributed by atoms with Crippen LogP contribution in [-0.4, -0.2) is 22.8 Å². The molecule has 0 aliphatic heterocycles. The van der Waals surface area contributed by atoms with E-state index in [0.717, 1.165) is 24.8 Å². The second-order valence-corrected chi connectivity index (χ2v) is 5.90. The van der Waals surface area contributed by atoms with Gasteiger partial charge in [0.2, 0.25) is 0 Å². The van der Waals surface area contributed by atoms with Crippen LogP contribution >= 0.6 is 0 Å². The maximum atomic E-state index is 14.2. The van der Waals surface area contributed by atoms with Gasteiger partial charge in [0, 0.05) is 17.8 Å². The van der Waals surface area contributed by atoms with E-state index in [1.54, 1.807) is 37.4 Å². The van der Waals surface area contributed by atoms with Gasteiger partial charge in [0.1, 0.15) is 18.2 Å². The standard InChI is InChI=1S/C21H24FNO2/c1-3-13-25-18-10-11-19(20(22)14-18)21-12-9-17(15-23-21)8-6-4-5-7-16(2)24/h3,6,8-12,14-16,24H,1,4-5,7,13H2,2H3/b8-6+. The summed E-state index contributed by atoms with van der Waals surface area (Å²) in [5.74, 6) is 0.105. The van der Waals surface area contributed by atoms with Crippen LogP contribution in [-0.2, 0) is 0 Å². The van der Waals surface area contributed by atoms with Crippen LogP contribution in [0.5, 0.6) is 5.75 Å². The van der Waals surface area contributed by atoms with Gasteiger partial charge in [-0.25, -0.2) is 4.39 Å². The smallest absolute Gasteiger partial charge is 0.136 e. The Morgan fingerprint density at radius 3 is 2.80 bits per heavy atom. The minimum atomic E-state index is -0.365. The molecule has 1 N–H and O–H groups in total. The van der Waals surface area contributed by atoms with Crippen molar-refractivity contribution in [3.63, 3.8) is 0 Å². The molecule has 0 bridgehead atoms.